The van der Waals surface area contributed by atoms with Gasteiger partial charge in [-0.05, 0) is 50.4 Å². The monoisotopic (exact) mass is 500 g/mol. The van der Waals surface area contributed by atoms with Crippen molar-refractivity contribution in [3.63, 3.8) is 0 Å². The summed E-state index contributed by atoms with van der Waals surface area (Å²) in [5.41, 5.74) is -1.60. The fourth-order valence-corrected chi connectivity index (χ4v) is 7.47. The van der Waals surface area contributed by atoms with E-state index in [1.54, 1.807) is 18.2 Å². The predicted molar refractivity (Wildman–Crippen MR) is 136 cm³/mol. The Balaban J connectivity index is 1.68. The van der Waals surface area contributed by atoms with Crippen LogP contribution in [0.4, 0.5) is 0 Å². The Hall–Kier alpha value is -2.19. The molecule has 1 aromatic rings. The summed E-state index contributed by atoms with van der Waals surface area (Å²) in [6.07, 6.45) is 4.08. The van der Waals surface area contributed by atoms with Crippen molar-refractivity contribution < 1.29 is 23.5 Å². The lowest BCUT2D eigenvalue weighted by molar-refractivity contribution is -0.171. The first-order valence-corrected chi connectivity index (χ1v) is 15.7. The minimum absolute atomic E-state index is 0.0966. The van der Waals surface area contributed by atoms with E-state index in [4.69, 9.17) is 9.16 Å². The van der Waals surface area contributed by atoms with Crippen LogP contribution in [-0.2, 0) is 14.0 Å². The van der Waals surface area contributed by atoms with Gasteiger partial charge in [-0.1, -0.05) is 46.2 Å². The van der Waals surface area contributed by atoms with Gasteiger partial charge in [0.05, 0.1) is 29.0 Å². The molecule has 4 rings (SSSR count). The van der Waals surface area contributed by atoms with Crippen molar-refractivity contribution in [2.45, 2.75) is 97.2 Å². The Morgan fingerprint density at radius 2 is 1.77 bits per heavy atom. The Kier molecular flexibility index (Phi) is 6.68. The van der Waals surface area contributed by atoms with Crippen LogP contribution in [-0.4, -0.2) is 49.0 Å². The molecule has 3 amide bonds. The van der Waals surface area contributed by atoms with Crippen LogP contribution in [0.1, 0.15) is 77.1 Å². The minimum Gasteiger partial charge on any atom is -0.467 e. The largest absolute Gasteiger partial charge is 0.467 e. The van der Waals surface area contributed by atoms with Crippen LogP contribution < -0.4 is 10.1 Å². The maximum absolute atomic E-state index is 14.1. The third kappa shape index (κ3) is 4.22. The molecule has 35 heavy (non-hydrogen) atoms. The molecule has 1 aromatic carbocycles. The van der Waals surface area contributed by atoms with E-state index in [2.05, 4.69) is 39.2 Å². The summed E-state index contributed by atoms with van der Waals surface area (Å²) in [6.45, 7) is 14.2. The number of carbonyl (C=O) groups excluding carboxylic acids is 3. The second kappa shape index (κ2) is 9.03. The summed E-state index contributed by atoms with van der Waals surface area (Å²) in [4.78, 5) is 42.2. The zero-order valence-corrected chi connectivity index (χ0v) is 23.3. The van der Waals surface area contributed by atoms with Gasteiger partial charge in [0.1, 0.15) is 5.75 Å². The molecule has 0 aromatic heterocycles. The second-order valence-corrected chi connectivity index (χ2v) is 14.2. The van der Waals surface area contributed by atoms with E-state index >= 15 is 0 Å². The van der Waals surface area contributed by atoms with E-state index in [0.717, 1.165) is 19.3 Å². The molecule has 4 atom stereocenters. The molecule has 0 radical (unpaired) electrons. The molecule has 1 N–H and O–H groups in total. The zero-order chi connectivity index (χ0) is 25.8. The molecule has 2 heterocycles. The van der Waals surface area contributed by atoms with E-state index in [1.165, 1.54) is 4.90 Å². The second-order valence-electron chi connectivity index (χ2n) is 11.9. The highest BCUT2D eigenvalue weighted by molar-refractivity contribution is 6.48. The predicted octanol–water partition coefficient (Wildman–Crippen LogP) is 4.26. The quantitative estimate of drug-likeness (QED) is 0.482. The van der Waals surface area contributed by atoms with Gasteiger partial charge in [-0.2, -0.15) is 0 Å². The summed E-state index contributed by atoms with van der Waals surface area (Å²) in [5, 5.41) is 2.99. The molecule has 2 aliphatic heterocycles. The Morgan fingerprint density at radius 1 is 1.14 bits per heavy atom. The first-order valence-electron chi connectivity index (χ1n) is 13.0. The summed E-state index contributed by atoms with van der Waals surface area (Å²) in [7, 11) is -1.50. The smallest absolute Gasteiger partial charge is 0.267 e. The van der Waals surface area contributed by atoms with Crippen molar-refractivity contribution in [2.24, 2.45) is 17.3 Å². The van der Waals surface area contributed by atoms with Crippen molar-refractivity contribution >= 4 is 26.8 Å². The maximum atomic E-state index is 14.1. The lowest BCUT2D eigenvalue weighted by atomic mass is 9.62. The molecule has 0 unspecified atom stereocenters. The highest BCUT2D eigenvalue weighted by atomic mass is 28.3. The van der Waals surface area contributed by atoms with Crippen LogP contribution in [0.3, 0.4) is 0 Å². The Morgan fingerprint density at radius 3 is 2.34 bits per heavy atom. The van der Waals surface area contributed by atoms with Gasteiger partial charge < -0.3 is 14.5 Å². The first kappa shape index (κ1) is 25.9. The van der Waals surface area contributed by atoms with Crippen molar-refractivity contribution in [1.82, 2.24) is 10.2 Å². The topological polar surface area (TPSA) is 84.9 Å². The molecular formula is C27H40N2O5Si. The van der Waals surface area contributed by atoms with Crippen LogP contribution >= 0.6 is 0 Å². The van der Waals surface area contributed by atoms with Crippen LogP contribution in [0.5, 0.6) is 5.75 Å². The number of para-hydroxylation sites is 1. The summed E-state index contributed by atoms with van der Waals surface area (Å²) < 4.78 is 13.0. The van der Waals surface area contributed by atoms with Crippen LogP contribution in [0.2, 0.25) is 13.1 Å². The van der Waals surface area contributed by atoms with Gasteiger partial charge in [0, 0.05) is 12.8 Å². The molecule has 1 saturated carbocycles. The number of nitrogens with one attached hydrogen (secondary N) is 1. The maximum Gasteiger partial charge on any atom is 0.267 e. The minimum atomic E-state index is -1.50. The van der Waals surface area contributed by atoms with Crippen molar-refractivity contribution in [2.75, 3.05) is 0 Å². The van der Waals surface area contributed by atoms with Gasteiger partial charge in [0.15, 0.2) is 14.8 Å². The van der Waals surface area contributed by atoms with E-state index in [1.807, 2.05) is 19.9 Å². The van der Waals surface area contributed by atoms with Gasteiger partial charge in [-0.3, -0.25) is 14.4 Å². The molecule has 8 heteroatoms. The highest BCUT2D eigenvalue weighted by Crippen LogP contribution is 2.47. The molecule has 2 fully saturated rings. The van der Waals surface area contributed by atoms with Gasteiger partial charge >= 0.3 is 0 Å². The lowest BCUT2D eigenvalue weighted by Crippen LogP contribution is -2.74. The number of fused-ring (bicyclic) bond motifs is 1. The first-order chi connectivity index (χ1) is 16.3. The number of ether oxygens (including phenoxy) is 1. The van der Waals surface area contributed by atoms with Gasteiger partial charge in [-0.25, -0.2) is 4.90 Å². The van der Waals surface area contributed by atoms with E-state index in [9.17, 15) is 14.4 Å². The normalized spacial score (nSPS) is 26.3. The molecule has 7 nitrogen and oxygen atoms in total. The third-order valence-corrected chi connectivity index (χ3v) is 9.29. The number of rotatable bonds is 5. The van der Waals surface area contributed by atoms with Gasteiger partial charge in [-0.15, -0.1) is 0 Å². The van der Waals surface area contributed by atoms with E-state index in [0.29, 0.717) is 24.2 Å². The van der Waals surface area contributed by atoms with Crippen molar-refractivity contribution in [3.05, 3.63) is 29.8 Å². The number of hydrogen-bond acceptors (Lipinski definition) is 5. The van der Waals surface area contributed by atoms with Gasteiger partial charge in [0.25, 0.3) is 5.91 Å². The number of carbonyl (C=O) groups is 3. The molecule has 1 saturated heterocycles. The molecule has 0 bridgehead atoms. The Bertz CT molecular complexity index is 1010. The molecule has 3 aliphatic rings. The van der Waals surface area contributed by atoms with Crippen LogP contribution in [0.25, 0.3) is 0 Å². The standard InChI is InChI=1S/C27H40N2O5Si/c1-17(21-20(22(30)28-21)26(5,25(2,3)4)34-35(6)7)23(31)29-24(32)18-13-9-10-14-19(18)33-27(29)15-11-8-12-16-27/h9-10,13-14,17,20-21,35H,8,11-12,15-16H2,1-7H3,(H,28,30)/t17-,20-,21-,26-/m1/s1. The number of imide groups is 1. The van der Waals surface area contributed by atoms with E-state index in [-0.39, 0.29) is 23.1 Å². The number of nitrogens with zero attached hydrogens (tertiary/aromatic N) is 1. The molecule has 192 valence electrons. The third-order valence-electron chi connectivity index (χ3n) is 8.33. The van der Waals surface area contributed by atoms with Crippen LogP contribution in [0.15, 0.2) is 24.3 Å². The fraction of sp³-hybridized carbons (Fsp3) is 0.667. The zero-order valence-electron chi connectivity index (χ0n) is 22.1. The van der Waals surface area contributed by atoms with Crippen molar-refractivity contribution in [3.8, 4) is 5.75 Å². The number of amides is 3. The lowest BCUT2D eigenvalue weighted by Gasteiger charge is -2.56. The summed E-state index contributed by atoms with van der Waals surface area (Å²) >= 11 is 0. The molecule has 1 spiro atoms. The van der Waals surface area contributed by atoms with Crippen LogP contribution in [0, 0.1) is 17.3 Å². The van der Waals surface area contributed by atoms with Gasteiger partial charge in [0.2, 0.25) is 11.8 Å². The Labute approximate surface area is 210 Å². The van der Waals surface area contributed by atoms with Crippen molar-refractivity contribution in [1.29, 1.82) is 0 Å². The number of hydrogen-bond donors (Lipinski definition) is 1. The molecular weight excluding hydrogens is 460 g/mol. The SMILES string of the molecule is C[C@@H](C(=O)N1C(=O)c2ccccc2OC12CCCCC2)[C@H]1NC(=O)[C@@H]1[C@@](C)(O[SiH](C)C)C(C)(C)C. The summed E-state index contributed by atoms with van der Waals surface area (Å²) in [6, 6.07) is 6.73. The average Bonchev–Trinajstić information content (AvgIpc) is 2.76. The number of β-lactam (4-membered cyclic amide) rings is 1. The summed E-state index contributed by atoms with van der Waals surface area (Å²) in [5.74, 6) is -1.24. The van der Waals surface area contributed by atoms with E-state index < -0.39 is 38.2 Å². The number of benzene rings is 1. The highest BCUT2D eigenvalue weighted by Gasteiger charge is 2.61. The average molecular weight is 501 g/mol. The molecule has 1 aliphatic carbocycles. The fourth-order valence-electron chi connectivity index (χ4n) is 5.99.